The van der Waals surface area contributed by atoms with Gasteiger partial charge in [-0.05, 0) is 50.1 Å². The molecule has 0 fully saturated rings. The van der Waals surface area contributed by atoms with Crippen LogP contribution in [-0.2, 0) is 12.8 Å². The Morgan fingerprint density at radius 1 is 1.06 bits per heavy atom. The fourth-order valence-electron chi connectivity index (χ4n) is 4.31. The number of halogens is 2. The van der Waals surface area contributed by atoms with E-state index in [0.717, 1.165) is 46.2 Å². The monoisotopic (exact) mass is 454 g/mol. The van der Waals surface area contributed by atoms with E-state index in [9.17, 15) is 9.18 Å². The first kappa shape index (κ1) is 21.9. The Labute approximate surface area is 189 Å². The summed E-state index contributed by atoms with van der Waals surface area (Å²) in [4.78, 5) is 19.8. The Morgan fingerprint density at radius 3 is 2.59 bits per heavy atom. The van der Waals surface area contributed by atoms with Crippen LogP contribution in [0.3, 0.4) is 0 Å². The minimum Gasteiger partial charge on any atom is -0.358 e. The number of nitrogens with one attached hydrogen (secondary N) is 3. The summed E-state index contributed by atoms with van der Waals surface area (Å²) < 4.78 is 15.7. The molecule has 0 spiro atoms. The molecule has 0 saturated heterocycles. The summed E-state index contributed by atoms with van der Waals surface area (Å²) in [5, 5.41) is 8.61. The molecule has 5 N–H and O–H groups in total. The van der Waals surface area contributed by atoms with Crippen LogP contribution in [0, 0.1) is 5.82 Å². The number of benzene rings is 2. The van der Waals surface area contributed by atoms with Crippen molar-refractivity contribution >= 4 is 34.2 Å². The summed E-state index contributed by atoms with van der Waals surface area (Å²) in [7, 11) is 0. The molecule has 166 valence electrons. The van der Waals surface area contributed by atoms with Gasteiger partial charge in [0, 0.05) is 38.8 Å². The van der Waals surface area contributed by atoms with Crippen molar-refractivity contribution in [1.29, 1.82) is 0 Å². The zero-order chi connectivity index (χ0) is 21.5. The normalized spacial score (nSPS) is 11.3. The highest BCUT2D eigenvalue weighted by Gasteiger charge is 2.24. The Morgan fingerprint density at radius 2 is 1.81 bits per heavy atom. The number of para-hydroxylation sites is 1. The first-order valence-corrected chi connectivity index (χ1v) is 10.4. The lowest BCUT2D eigenvalue weighted by Gasteiger charge is -2.09. The lowest BCUT2D eigenvalue weighted by molar-refractivity contribution is 0.629. The van der Waals surface area contributed by atoms with E-state index < -0.39 is 0 Å². The van der Waals surface area contributed by atoms with E-state index in [1.165, 1.54) is 12.1 Å². The van der Waals surface area contributed by atoms with Crippen molar-refractivity contribution in [1.82, 2.24) is 24.7 Å². The quantitative estimate of drug-likeness (QED) is 0.308. The molecule has 0 amide bonds. The predicted octanol–water partition coefficient (Wildman–Crippen LogP) is 4.20. The van der Waals surface area contributed by atoms with Crippen LogP contribution in [0.2, 0.25) is 0 Å². The number of nitrogens with zero attached hydrogens (tertiary/aromatic N) is 2. The first-order chi connectivity index (χ1) is 15.1. The minimum absolute atomic E-state index is 0. The second-order valence-corrected chi connectivity index (χ2v) is 7.60. The highest BCUT2D eigenvalue weighted by Crippen LogP contribution is 2.35. The van der Waals surface area contributed by atoms with Crippen LogP contribution in [0.25, 0.3) is 38.9 Å². The standard InChI is InChI=1S/C23H23FN6O.ClH/c1-2-16-20(14-6-3-4-7-17(14)26-16)22-28-29-23(31)30(22)21-15-12-13(24)9-10-18(15)27-19(21)8-5-11-25;/h3-4,6-7,9-10,12,26-27H,2,5,8,11,25H2,1H3,(H,29,31);1H. The summed E-state index contributed by atoms with van der Waals surface area (Å²) in [5.74, 6) is 0.135. The van der Waals surface area contributed by atoms with Gasteiger partial charge < -0.3 is 15.7 Å². The summed E-state index contributed by atoms with van der Waals surface area (Å²) in [6.45, 7) is 2.57. The van der Waals surface area contributed by atoms with E-state index in [1.807, 2.05) is 24.3 Å². The van der Waals surface area contributed by atoms with Crippen LogP contribution in [0.15, 0.2) is 47.3 Å². The van der Waals surface area contributed by atoms with Crippen LogP contribution in [-0.4, -0.2) is 31.3 Å². The predicted molar refractivity (Wildman–Crippen MR) is 127 cm³/mol. The molecule has 7 nitrogen and oxygen atoms in total. The maximum absolute atomic E-state index is 14.2. The van der Waals surface area contributed by atoms with Gasteiger partial charge in [-0.3, -0.25) is 0 Å². The molecular weight excluding hydrogens is 431 g/mol. The zero-order valence-corrected chi connectivity index (χ0v) is 18.4. The number of aromatic amines is 3. The zero-order valence-electron chi connectivity index (χ0n) is 17.5. The maximum Gasteiger partial charge on any atom is 0.348 e. The van der Waals surface area contributed by atoms with E-state index in [1.54, 1.807) is 10.6 Å². The molecule has 2 aromatic carbocycles. The van der Waals surface area contributed by atoms with Crippen molar-refractivity contribution in [3.05, 3.63) is 70.2 Å². The van der Waals surface area contributed by atoms with Crippen molar-refractivity contribution in [3.8, 4) is 17.1 Å². The SMILES string of the molecule is CCc1[nH]c2ccccc2c1-c1n[nH]c(=O)n1-c1c(CCCN)[nH]c2ccc(F)cc12.Cl. The molecule has 3 heterocycles. The fraction of sp³-hybridized carbons (Fsp3) is 0.217. The molecule has 0 aliphatic heterocycles. The molecule has 0 unspecified atom stereocenters. The number of H-pyrrole nitrogens is 3. The third-order valence-corrected chi connectivity index (χ3v) is 5.70. The van der Waals surface area contributed by atoms with Gasteiger partial charge in [0.05, 0.1) is 5.69 Å². The lowest BCUT2D eigenvalue weighted by atomic mass is 10.1. The second kappa shape index (κ2) is 8.64. The molecule has 3 aromatic heterocycles. The van der Waals surface area contributed by atoms with E-state index in [0.29, 0.717) is 29.9 Å². The van der Waals surface area contributed by atoms with Gasteiger partial charge in [-0.25, -0.2) is 18.9 Å². The number of fused-ring (bicyclic) bond motifs is 2. The van der Waals surface area contributed by atoms with Crippen LogP contribution in [0.5, 0.6) is 0 Å². The highest BCUT2D eigenvalue weighted by molar-refractivity contribution is 5.97. The number of rotatable bonds is 6. The summed E-state index contributed by atoms with van der Waals surface area (Å²) in [6, 6.07) is 12.5. The molecule has 5 aromatic rings. The van der Waals surface area contributed by atoms with Crippen molar-refractivity contribution < 1.29 is 4.39 Å². The highest BCUT2D eigenvalue weighted by atomic mass is 35.5. The topological polar surface area (TPSA) is 108 Å². The molecule has 0 aliphatic rings. The molecule has 0 bridgehead atoms. The van der Waals surface area contributed by atoms with Gasteiger partial charge in [-0.2, -0.15) is 5.10 Å². The van der Waals surface area contributed by atoms with Crippen LogP contribution in [0.4, 0.5) is 4.39 Å². The average molecular weight is 455 g/mol. The van der Waals surface area contributed by atoms with Crippen LogP contribution < -0.4 is 11.4 Å². The van der Waals surface area contributed by atoms with Gasteiger partial charge in [0.1, 0.15) is 5.82 Å². The Bertz CT molecular complexity index is 1460. The van der Waals surface area contributed by atoms with Gasteiger partial charge in [0.25, 0.3) is 0 Å². The van der Waals surface area contributed by atoms with Crippen molar-refractivity contribution in [3.63, 3.8) is 0 Å². The van der Waals surface area contributed by atoms with Gasteiger partial charge in [-0.15, -0.1) is 12.4 Å². The van der Waals surface area contributed by atoms with Crippen molar-refractivity contribution in [2.75, 3.05) is 6.54 Å². The van der Waals surface area contributed by atoms with Crippen LogP contribution >= 0.6 is 12.4 Å². The summed E-state index contributed by atoms with van der Waals surface area (Å²) in [5.41, 5.74) is 10.4. The lowest BCUT2D eigenvalue weighted by Crippen LogP contribution is -2.17. The van der Waals surface area contributed by atoms with Crippen molar-refractivity contribution in [2.24, 2.45) is 5.73 Å². The van der Waals surface area contributed by atoms with Gasteiger partial charge in [-0.1, -0.05) is 25.1 Å². The Hall–Kier alpha value is -3.36. The molecule has 0 radical (unpaired) electrons. The largest absolute Gasteiger partial charge is 0.358 e. The third-order valence-electron chi connectivity index (χ3n) is 5.70. The molecule has 32 heavy (non-hydrogen) atoms. The van der Waals surface area contributed by atoms with E-state index >= 15 is 0 Å². The molecule has 0 saturated carbocycles. The molecule has 0 aliphatic carbocycles. The Balaban J connectivity index is 0.00000245. The Kier molecular flexibility index (Phi) is 5.90. The van der Waals surface area contributed by atoms with Gasteiger partial charge >= 0.3 is 5.69 Å². The molecule has 0 atom stereocenters. The second-order valence-electron chi connectivity index (χ2n) is 7.60. The number of aryl methyl sites for hydroxylation is 2. The maximum atomic E-state index is 14.2. The molecule has 9 heteroatoms. The molecular formula is C23H24ClFN6O. The summed E-state index contributed by atoms with van der Waals surface area (Å²) in [6.07, 6.45) is 2.11. The van der Waals surface area contributed by atoms with E-state index in [4.69, 9.17) is 5.73 Å². The smallest absolute Gasteiger partial charge is 0.348 e. The number of hydrogen-bond donors (Lipinski definition) is 4. The van der Waals surface area contributed by atoms with Gasteiger partial charge in [0.15, 0.2) is 5.82 Å². The fourth-order valence-corrected chi connectivity index (χ4v) is 4.31. The number of hydrogen-bond acceptors (Lipinski definition) is 3. The summed E-state index contributed by atoms with van der Waals surface area (Å²) >= 11 is 0. The first-order valence-electron chi connectivity index (χ1n) is 10.4. The minimum atomic E-state index is -0.374. The van der Waals surface area contributed by atoms with E-state index in [2.05, 4.69) is 27.1 Å². The average Bonchev–Trinajstić information content (AvgIpc) is 3.43. The van der Waals surface area contributed by atoms with Crippen molar-refractivity contribution in [2.45, 2.75) is 26.2 Å². The van der Waals surface area contributed by atoms with Gasteiger partial charge in [0.2, 0.25) is 0 Å². The van der Waals surface area contributed by atoms with Crippen LogP contribution in [0.1, 0.15) is 24.7 Å². The third kappa shape index (κ3) is 3.41. The number of aromatic nitrogens is 5. The molecule has 5 rings (SSSR count). The number of nitrogens with two attached hydrogens (primary N) is 1. The van der Waals surface area contributed by atoms with E-state index in [-0.39, 0.29) is 23.9 Å².